The van der Waals surface area contributed by atoms with Crippen molar-refractivity contribution in [3.63, 3.8) is 0 Å². The smallest absolute Gasteiger partial charge is 0.208 e. The van der Waals surface area contributed by atoms with Gasteiger partial charge in [-0.3, -0.25) is 5.10 Å². The average molecular weight is 343 g/mol. The van der Waals surface area contributed by atoms with Gasteiger partial charge in [0.2, 0.25) is 5.16 Å². The summed E-state index contributed by atoms with van der Waals surface area (Å²) in [5, 5.41) is 8.55. The molecule has 4 fully saturated rings. The van der Waals surface area contributed by atoms with Crippen LogP contribution < -0.4 is 0 Å². The first-order valence-corrected chi connectivity index (χ1v) is 9.97. The van der Waals surface area contributed by atoms with Crippen molar-refractivity contribution in [1.82, 2.24) is 15.2 Å². The van der Waals surface area contributed by atoms with Crippen LogP contribution >= 0.6 is 11.8 Å². The van der Waals surface area contributed by atoms with E-state index in [1.165, 1.54) is 50.7 Å². The molecule has 4 aliphatic rings. The van der Waals surface area contributed by atoms with Crippen molar-refractivity contribution >= 4 is 11.8 Å². The molecular formula is C19H22FN3S. The van der Waals surface area contributed by atoms with Gasteiger partial charge in [0.15, 0.2) is 0 Å². The Morgan fingerprint density at radius 2 is 1.67 bits per heavy atom. The molecule has 0 atom stereocenters. The molecule has 6 rings (SSSR count). The highest BCUT2D eigenvalue weighted by Crippen LogP contribution is 2.60. The van der Waals surface area contributed by atoms with Gasteiger partial charge in [-0.25, -0.2) is 9.37 Å². The number of aromatic nitrogens is 3. The summed E-state index contributed by atoms with van der Waals surface area (Å²) in [5.74, 6) is 4.46. The van der Waals surface area contributed by atoms with Crippen LogP contribution in [-0.4, -0.2) is 15.2 Å². The zero-order valence-corrected chi connectivity index (χ0v) is 14.5. The van der Waals surface area contributed by atoms with Gasteiger partial charge in [-0.2, -0.15) is 0 Å². The SMILES string of the molecule is Fc1ccc(CSc2n[nH]c(C34CC5CC(CC(C5)C3)C4)n2)cc1. The molecule has 0 spiro atoms. The first-order valence-electron chi connectivity index (χ1n) is 8.99. The van der Waals surface area contributed by atoms with Crippen LogP contribution in [0.15, 0.2) is 29.4 Å². The molecule has 1 aromatic carbocycles. The Labute approximate surface area is 145 Å². The Balaban J connectivity index is 1.31. The van der Waals surface area contributed by atoms with Crippen molar-refractivity contribution < 1.29 is 4.39 Å². The fourth-order valence-corrected chi connectivity index (χ4v) is 6.43. The van der Waals surface area contributed by atoms with E-state index in [2.05, 4.69) is 10.2 Å². The standard InChI is InChI=1S/C19H22FN3S/c20-16-3-1-12(2-4-16)11-24-18-21-17(22-23-18)19-8-13-5-14(9-19)7-15(6-13)10-19/h1-4,13-15H,5-11H2,(H,21,22,23). The maximum absolute atomic E-state index is 13.0. The van der Waals surface area contributed by atoms with Crippen molar-refractivity contribution in [3.8, 4) is 0 Å². The number of rotatable bonds is 4. The molecule has 0 radical (unpaired) electrons. The van der Waals surface area contributed by atoms with Crippen LogP contribution in [-0.2, 0) is 11.2 Å². The molecule has 4 aliphatic carbocycles. The van der Waals surface area contributed by atoms with E-state index >= 15 is 0 Å². The van der Waals surface area contributed by atoms with Gasteiger partial charge in [0.05, 0.1) is 0 Å². The zero-order valence-electron chi connectivity index (χ0n) is 13.7. The highest BCUT2D eigenvalue weighted by Gasteiger charge is 2.53. The van der Waals surface area contributed by atoms with Gasteiger partial charge in [-0.1, -0.05) is 23.9 Å². The third-order valence-corrected chi connectivity index (χ3v) is 7.21. The molecule has 2 aromatic rings. The Morgan fingerprint density at radius 1 is 1.04 bits per heavy atom. The van der Waals surface area contributed by atoms with Crippen LogP contribution in [0, 0.1) is 23.6 Å². The van der Waals surface area contributed by atoms with Crippen LogP contribution in [0.5, 0.6) is 0 Å². The lowest BCUT2D eigenvalue weighted by molar-refractivity contribution is -0.00931. The Morgan fingerprint density at radius 3 is 2.29 bits per heavy atom. The van der Waals surface area contributed by atoms with E-state index in [0.717, 1.165) is 40.1 Å². The van der Waals surface area contributed by atoms with E-state index in [0.29, 0.717) is 0 Å². The Hall–Kier alpha value is -1.36. The van der Waals surface area contributed by atoms with Crippen molar-refractivity contribution in [3.05, 3.63) is 41.5 Å². The third-order valence-electron chi connectivity index (χ3n) is 6.29. The first kappa shape index (κ1) is 14.9. The average Bonchev–Trinajstić information content (AvgIpc) is 3.03. The number of benzene rings is 1. The van der Waals surface area contributed by atoms with Crippen molar-refractivity contribution in [2.45, 2.75) is 54.8 Å². The summed E-state index contributed by atoms with van der Waals surface area (Å²) in [6, 6.07) is 6.67. The summed E-state index contributed by atoms with van der Waals surface area (Å²) in [4.78, 5) is 4.86. The maximum Gasteiger partial charge on any atom is 0.208 e. The Bertz CT molecular complexity index is 704. The molecule has 0 amide bonds. The fraction of sp³-hybridized carbons (Fsp3) is 0.579. The van der Waals surface area contributed by atoms with Crippen LogP contribution in [0.3, 0.4) is 0 Å². The van der Waals surface area contributed by atoms with E-state index in [4.69, 9.17) is 4.98 Å². The number of halogens is 1. The van der Waals surface area contributed by atoms with Gasteiger partial charge in [0.25, 0.3) is 0 Å². The lowest BCUT2D eigenvalue weighted by Crippen LogP contribution is -2.49. The number of hydrogen-bond donors (Lipinski definition) is 1. The molecule has 1 heterocycles. The van der Waals surface area contributed by atoms with Crippen LogP contribution in [0.2, 0.25) is 0 Å². The topological polar surface area (TPSA) is 41.6 Å². The van der Waals surface area contributed by atoms with Crippen molar-refractivity contribution in [2.75, 3.05) is 0 Å². The van der Waals surface area contributed by atoms with Gasteiger partial charge in [0, 0.05) is 11.2 Å². The van der Waals surface area contributed by atoms with Crippen LogP contribution in [0.25, 0.3) is 0 Å². The summed E-state index contributed by atoms with van der Waals surface area (Å²) >= 11 is 1.63. The van der Waals surface area contributed by atoms with E-state index in [9.17, 15) is 4.39 Å². The number of hydrogen-bond acceptors (Lipinski definition) is 3. The highest BCUT2D eigenvalue weighted by atomic mass is 32.2. The summed E-state index contributed by atoms with van der Waals surface area (Å²) in [6.07, 6.45) is 8.24. The molecule has 0 unspecified atom stereocenters. The van der Waals surface area contributed by atoms with Gasteiger partial charge >= 0.3 is 0 Å². The number of nitrogens with one attached hydrogen (secondary N) is 1. The van der Waals surface area contributed by atoms with E-state index in [1.54, 1.807) is 11.8 Å². The van der Waals surface area contributed by atoms with Crippen molar-refractivity contribution in [1.29, 1.82) is 0 Å². The predicted octanol–water partition coefficient (Wildman–Crippen LogP) is 4.70. The second-order valence-corrected chi connectivity index (χ2v) is 9.02. The third kappa shape index (κ3) is 2.57. The largest absolute Gasteiger partial charge is 0.262 e. The molecule has 24 heavy (non-hydrogen) atoms. The lowest BCUT2D eigenvalue weighted by Gasteiger charge is -2.55. The molecule has 0 aliphatic heterocycles. The first-order chi connectivity index (χ1) is 11.7. The minimum absolute atomic E-state index is 0.189. The zero-order chi connectivity index (χ0) is 16.1. The number of nitrogens with zero attached hydrogens (tertiary/aromatic N) is 2. The minimum atomic E-state index is -0.189. The second kappa shape index (κ2) is 5.58. The van der Waals surface area contributed by atoms with Gasteiger partial charge in [0.1, 0.15) is 11.6 Å². The number of thioether (sulfide) groups is 1. The number of aromatic amines is 1. The van der Waals surface area contributed by atoms with E-state index in [-0.39, 0.29) is 11.2 Å². The molecule has 0 saturated heterocycles. The fourth-order valence-electron chi connectivity index (χ4n) is 5.68. The summed E-state index contributed by atoms with van der Waals surface area (Å²) in [6.45, 7) is 0. The van der Waals surface area contributed by atoms with Crippen LogP contribution in [0.4, 0.5) is 4.39 Å². The predicted molar refractivity (Wildman–Crippen MR) is 92.2 cm³/mol. The molecule has 126 valence electrons. The monoisotopic (exact) mass is 343 g/mol. The molecule has 5 heteroatoms. The molecule has 4 saturated carbocycles. The van der Waals surface area contributed by atoms with Gasteiger partial charge < -0.3 is 0 Å². The molecule has 1 aromatic heterocycles. The van der Waals surface area contributed by atoms with Crippen LogP contribution in [0.1, 0.15) is 49.9 Å². The number of H-pyrrole nitrogens is 1. The van der Waals surface area contributed by atoms with Gasteiger partial charge in [-0.15, -0.1) is 5.10 Å². The van der Waals surface area contributed by atoms with Crippen molar-refractivity contribution in [2.24, 2.45) is 17.8 Å². The Kier molecular flexibility index (Phi) is 3.47. The molecule has 4 bridgehead atoms. The molecule has 1 N–H and O–H groups in total. The quantitative estimate of drug-likeness (QED) is 0.818. The maximum atomic E-state index is 13.0. The lowest BCUT2D eigenvalue weighted by atomic mass is 9.49. The summed E-state index contributed by atoms with van der Waals surface area (Å²) in [7, 11) is 0. The highest BCUT2D eigenvalue weighted by molar-refractivity contribution is 7.98. The summed E-state index contributed by atoms with van der Waals surface area (Å²) in [5.41, 5.74) is 1.37. The van der Waals surface area contributed by atoms with Gasteiger partial charge in [-0.05, 0) is 74.0 Å². The van der Waals surface area contributed by atoms with E-state index < -0.39 is 0 Å². The summed E-state index contributed by atoms with van der Waals surface area (Å²) < 4.78 is 13.0. The molecular weight excluding hydrogens is 321 g/mol. The molecule has 3 nitrogen and oxygen atoms in total. The normalized spacial score (nSPS) is 34.0. The van der Waals surface area contributed by atoms with E-state index in [1.807, 2.05) is 12.1 Å². The second-order valence-electron chi connectivity index (χ2n) is 8.08. The minimum Gasteiger partial charge on any atom is -0.262 e.